The molecule has 28 heavy (non-hydrogen) atoms. The van der Waals surface area contributed by atoms with Crippen LogP contribution in [0, 0.1) is 5.41 Å². The summed E-state index contributed by atoms with van der Waals surface area (Å²) in [6.07, 6.45) is 4.34. The van der Waals surface area contributed by atoms with Crippen LogP contribution in [0.15, 0.2) is 6.07 Å². The molecule has 6 nitrogen and oxygen atoms in total. The van der Waals surface area contributed by atoms with E-state index in [2.05, 4.69) is 42.1 Å². The molecule has 0 N–H and O–H groups in total. The minimum atomic E-state index is -0.195. The number of anilines is 1. The van der Waals surface area contributed by atoms with E-state index in [4.69, 9.17) is 25.3 Å². The van der Waals surface area contributed by atoms with Crippen molar-refractivity contribution < 1.29 is 13.7 Å². The predicted octanol–water partition coefficient (Wildman–Crippen LogP) is 4.98. The number of rotatable bonds is 5. The Morgan fingerprint density at radius 1 is 1.25 bits per heavy atom. The van der Waals surface area contributed by atoms with Gasteiger partial charge >= 0.3 is 0 Å². The first-order chi connectivity index (χ1) is 13.6. The summed E-state index contributed by atoms with van der Waals surface area (Å²) in [5.74, 6) is 0.930. The first-order valence-corrected chi connectivity index (χ1v) is 14.0. The average Bonchev–Trinajstić information content (AvgIpc) is 3.18. The van der Waals surface area contributed by atoms with Crippen LogP contribution in [-0.2, 0) is 19.3 Å². The minimum Gasteiger partial charge on any atom is -0.378 e. The zero-order valence-corrected chi connectivity index (χ0v) is 19.8. The Morgan fingerprint density at radius 2 is 2.04 bits per heavy atom. The lowest BCUT2D eigenvalue weighted by Gasteiger charge is -2.52. The maximum Gasteiger partial charge on any atom is 0.224 e. The van der Waals surface area contributed by atoms with Crippen molar-refractivity contribution in [1.82, 2.24) is 9.97 Å². The molecular weight excluding hydrogens is 533 g/mol. The van der Waals surface area contributed by atoms with Crippen molar-refractivity contribution in [3.63, 3.8) is 0 Å². The second-order valence-electron chi connectivity index (χ2n) is 7.85. The second kappa shape index (κ2) is 7.97. The zero-order valence-electron chi connectivity index (χ0n) is 15.3. The van der Waals surface area contributed by atoms with E-state index in [-0.39, 0.29) is 11.0 Å². The lowest BCUT2D eigenvalue weighted by molar-refractivity contribution is -0.194. The Labute approximate surface area is 189 Å². The lowest BCUT2D eigenvalue weighted by atomic mass is 9.66. The highest BCUT2D eigenvalue weighted by Gasteiger charge is 2.51. The number of hydrogen-bond acceptors (Lipinski definition) is 8. The molecular formula is C18H21ClIN3O3S2. The van der Waals surface area contributed by atoms with Crippen molar-refractivity contribution in [2.45, 2.75) is 31.3 Å². The zero-order chi connectivity index (χ0) is 19.2. The van der Waals surface area contributed by atoms with Gasteiger partial charge in [-0.1, -0.05) is 0 Å². The van der Waals surface area contributed by atoms with Crippen LogP contribution in [0.5, 0.6) is 0 Å². The maximum atomic E-state index is 6.50. The lowest BCUT2D eigenvalue weighted by Crippen LogP contribution is -2.50. The van der Waals surface area contributed by atoms with Gasteiger partial charge in [0.1, 0.15) is 5.60 Å². The quantitative estimate of drug-likeness (QED) is 0.294. The highest BCUT2D eigenvalue weighted by atomic mass is 127. The highest BCUT2D eigenvalue weighted by molar-refractivity contribution is 14.2. The molecule has 3 aliphatic heterocycles. The monoisotopic (exact) mass is 553 g/mol. The molecule has 2 aromatic heterocycles. The van der Waals surface area contributed by atoms with Gasteiger partial charge in [0, 0.05) is 44.6 Å². The first-order valence-electron chi connectivity index (χ1n) is 9.48. The molecule has 0 radical (unpaired) electrons. The molecule has 0 amide bonds. The van der Waals surface area contributed by atoms with E-state index in [1.165, 1.54) is 14.1 Å². The van der Waals surface area contributed by atoms with Gasteiger partial charge in [0.25, 0.3) is 0 Å². The molecule has 1 saturated carbocycles. The van der Waals surface area contributed by atoms with Gasteiger partial charge in [0.05, 0.1) is 45.9 Å². The molecule has 2 aromatic rings. The third-order valence-corrected chi connectivity index (χ3v) is 8.71. The molecule has 5 heterocycles. The summed E-state index contributed by atoms with van der Waals surface area (Å²) in [7, 11) is 1.42. The van der Waals surface area contributed by atoms with Crippen LogP contribution in [0.4, 0.5) is 5.82 Å². The van der Waals surface area contributed by atoms with Crippen LogP contribution in [0.25, 0.3) is 10.2 Å². The number of morpholine rings is 1. The fourth-order valence-corrected chi connectivity index (χ4v) is 6.68. The van der Waals surface area contributed by atoms with Gasteiger partial charge in [-0.3, -0.25) is 0 Å². The topological polar surface area (TPSA) is 56.7 Å². The summed E-state index contributed by atoms with van der Waals surface area (Å²) in [6, 6.07) is 2.17. The number of halogens is 2. The van der Waals surface area contributed by atoms with Gasteiger partial charge in [0.2, 0.25) is 5.28 Å². The van der Waals surface area contributed by atoms with Gasteiger partial charge in [-0.25, -0.2) is 4.98 Å². The van der Waals surface area contributed by atoms with Crippen molar-refractivity contribution in [3.05, 3.63) is 16.2 Å². The summed E-state index contributed by atoms with van der Waals surface area (Å²) in [5.41, 5.74) is 0.907. The van der Waals surface area contributed by atoms with E-state index in [1.807, 2.05) is 0 Å². The molecule has 0 atom stereocenters. The van der Waals surface area contributed by atoms with E-state index in [1.54, 1.807) is 11.3 Å². The molecule has 10 heteroatoms. The van der Waals surface area contributed by atoms with E-state index in [9.17, 15) is 0 Å². The van der Waals surface area contributed by atoms with Crippen LogP contribution in [-0.4, -0.2) is 49.5 Å². The molecule has 4 aliphatic rings. The molecule has 152 valence electrons. The number of ether oxygens (including phenoxy) is 2. The molecule has 2 bridgehead atoms. The minimum absolute atomic E-state index is 0.179. The van der Waals surface area contributed by atoms with Crippen LogP contribution >= 0.6 is 53.4 Å². The van der Waals surface area contributed by atoms with Crippen LogP contribution in [0.3, 0.4) is 0 Å². The molecule has 4 fully saturated rings. The number of fused-ring (bicyclic) bond motifs is 4. The van der Waals surface area contributed by atoms with Crippen molar-refractivity contribution in [2.75, 3.05) is 44.4 Å². The van der Waals surface area contributed by atoms with Crippen LogP contribution in [0.2, 0.25) is 5.28 Å². The van der Waals surface area contributed by atoms with Crippen molar-refractivity contribution in [3.8, 4) is 0 Å². The van der Waals surface area contributed by atoms with Crippen LogP contribution < -0.4 is 4.90 Å². The largest absolute Gasteiger partial charge is 0.378 e. The second-order valence-corrected chi connectivity index (χ2v) is 10.7. The summed E-state index contributed by atoms with van der Waals surface area (Å²) in [4.78, 5) is 12.6. The van der Waals surface area contributed by atoms with Crippen molar-refractivity contribution >= 4 is 69.4 Å². The smallest absolute Gasteiger partial charge is 0.224 e. The fraction of sp³-hybridized carbons (Fsp3) is 0.667. The number of thiophene rings is 1. The Bertz CT molecular complexity index is 853. The van der Waals surface area contributed by atoms with Crippen molar-refractivity contribution in [1.29, 1.82) is 0 Å². The number of hydrogen-bond donors (Lipinski definition) is 0. The Morgan fingerprint density at radius 3 is 2.71 bits per heavy atom. The van der Waals surface area contributed by atoms with E-state index < -0.39 is 0 Å². The Balaban J connectivity index is 1.46. The van der Waals surface area contributed by atoms with Gasteiger partial charge in [-0.15, -0.1) is 11.3 Å². The molecule has 0 spiro atoms. The first kappa shape index (κ1) is 20.0. The third-order valence-electron chi connectivity index (χ3n) is 6.27. The van der Waals surface area contributed by atoms with Gasteiger partial charge in [-0.05, 0) is 43.4 Å². The summed E-state index contributed by atoms with van der Waals surface area (Å²) < 4.78 is 18.7. The summed E-state index contributed by atoms with van der Waals surface area (Å²) >= 11 is 10.2. The Hall–Kier alpha value is 0.0900. The maximum absolute atomic E-state index is 6.50. The number of nitrogens with zero attached hydrogens (tertiary/aromatic N) is 3. The van der Waals surface area contributed by atoms with E-state index in [0.717, 1.165) is 68.0 Å². The fourth-order valence-electron chi connectivity index (χ4n) is 4.52. The molecule has 1 aliphatic carbocycles. The van der Waals surface area contributed by atoms with Crippen LogP contribution in [0.1, 0.15) is 30.6 Å². The SMILES string of the molecule is Clc1nc(N2CCOCC2)c2sc(C34CCC(COSI)(CC3)CO4)cc2n1. The summed E-state index contributed by atoms with van der Waals surface area (Å²) in [6.45, 7) is 4.62. The van der Waals surface area contributed by atoms with Gasteiger partial charge in [0.15, 0.2) is 5.82 Å². The average molecular weight is 554 g/mol. The van der Waals surface area contributed by atoms with Crippen molar-refractivity contribution in [2.24, 2.45) is 5.41 Å². The normalized spacial score (nSPS) is 30.3. The third kappa shape index (κ3) is 3.54. The summed E-state index contributed by atoms with van der Waals surface area (Å²) in [5, 5.41) is 0.302. The molecule has 3 saturated heterocycles. The highest BCUT2D eigenvalue weighted by Crippen LogP contribution is 2.56. The van der Waals surface area contributed by atoms with Gasteiger partial charge < -0.3 is 18.6 Å². The van der Waals surface area contributed by atoms with E-state index in [0.29, 0.717) is 18.5 Å². The molecule has 6 rings (SSSR count). The molecule has 0 unspecified atom stereocenters. The molecule has 0 aromatic carbocycles. The van der Waals surface area contributed by atoms with Gasteiger partial charge in [-0.2, -0.15) is 4.98 Å². The van der Waals surface area contributed by atoms with E-state index >= 15 is 0 Å². The Kier molecular flexibility index (Phi) is 5.70. The standard InChI is InChI=1S/C18H21ClIN3O3S2/c19-16-21-12-9-13(27-14(12)15(22-16)23-5-7-24-8-6-23)18-3-1-17(2-4-18,10-25-18)11-26-28-20/h9H,1-8,10-11H2. The number of aromatic nitrogens is 2. The predicted molar refractivity (Wildman–Crippen MR) is 122 cm³/mol.